The molecule has 0 aliphatic heterocycles. The van der Waals surface area contributed by atoms with Crippen molar-refractivity contribution in [2.75, 3.05) is 26.4 Å². The Labute approximate surface area is 433 Å². The SMILES string of the molecule is Cc1nn(-c2ccc3c(O)c(/N=N/c4cc(OCCO)c(/N=N/c5ccc(S(=O)(=O)O)cc5C(=O)O)cc4OCCO)c(S(=O)(=O)O)cc3c2)c(O)c1/N=N/c1ccc(/N=N/c2ccc(S(=O)(=O)O)cc2)cc1S(=O)(=O)O. The van der Waals surface area contributed by atoms with Crippen LogP contribution in [0.3, 0.4) is 0 Å². The van der Waals surface area contributed by atoms with E-state index in [-0.39, 0.29) is 68.7 Å². The minimum Gasteiger partial charge on any atom is -0.505 e. The molecular formula is C43H36N10O20S4. The van der Waals surface area contributed by atoms with Crippen LogP contribution in [0.2, 0.25) is 0 Å². The molecule has 7 aromatic rings. The Morgan fingerprint density at radius 2 is 1.06 bits per heavy atom. The number of hydrogen-bond acceptors (Lipinski definition) is 24. The van der Waals surface area contributed by atoms with Crippen LogP contribution < -0.4 is 9.47 Å². The van der Waals surface area contributed by atoms with Crippen LogP contribution in [0.4, 0.5) is 45.5 Å². The van der Waals surface area contributed by atoms with E-state index in [4.69, 9.17) is 9.47 Å². The first kappa shape index (κ1) is 56.2. The summed E-state index contributed by atoms with van der Waals surface area (Å²) < 4.78 is 147. The van der Waals surface area contributed by atoms with Crippen molar-refractivity contribution in [2.24, 2.45) is 40.9 Å². The molecule has 0 saturated carbocycles. The van der Waals surface area contributed by atoms with Crippen LogP contribution in [0.5, 0.6) is 23.1 Å². The normalized spacial score (nSPS) is 12.7. The van der Waals surface area contributed by atoms with Crippen LogP contribution in [0.15, 0.2) is 158 Å². The molecule has 30 nitrogen and oxygen atoms in total. The number of aliphatic hydroxyl groups excluding tert-OH is 2. The molecule has 0 unspecified atom stereocenters. The first-order valence-corrected chi connectivity index (χ1v) is 26.9. The van der Waals surface area contributed by atoms with Crippen molar-refractivity contribution >= 4 is 103 Å². The number of hydrogen-bond donors (Lipinski definition) is 9. The Hall–Kier alpha value is -8.58. The number of fused-ring (bicyclic) bond motifs is 1. The second-order valence-electron chi connectivity index (χ2n) is 15.4. The van der Waals surface area contributed by atoms with Gasteiger partial charge in [-0.25, -0.2) is 4.79 Å². The lowest BCUT2D eigenvalue weighted by Gasteiger charge is -2.13. The van der Waals surface area contributed by atoms with Crippen LogP contribution >= 0.6 is 0 Å². The monoisotopic (exact) mass is 1140 g/mol. The summed E-state index contributed by atoms with van der Waals surface area (Å²) in [6.07, 6.45) is 0. The molecule has 6 aromatic carbocycles. The number of aromatic hydroxyl groups is 2. The molecule has 77 heavy (non-hydrogen) atoms. The fourth-order valence-electron chi connectivity index (χ4n) is 6.71. The van der Waals surface area contributed by atoms with E-state index in [0.29, 0.717) is 6.07 Å². The van der Waals surface area contributed by atoms with Gasteiger partial charge in [-0.2, -0.15) is 53.7 Å². The second kappa shape index (κ2) is 22.3. The molecule has 0 radical (unpaired) electrons. The number of aryl methyl sites for hydroxylation is 1. The molecule has 402 valence electrons. The maximum atomic E-state index is 12.9. The predicted molar refractivity (Wildman–Crippen MR) is 263 cm³/mol. The van der Waals surface area contributed by atoms with E-state index in [0.717, 1.165) is 59.3 Å². The molecule has 1 aromatic heterocycles. The van der Waals surface area contributed by atoms with Gasteiger partial charge in [-0.3, -0.25) is 18.2 Å². The van der Waals surface area contributed by atoms with E-state index >= 15 is 0 Å². The number of aromatic carboxylic acids is 1. The van der Waals surface area contributed by atoms with Crippen molar-refractivity contribution in [3.8, 4) is 28.8 Å². The lowest BCUT2D eigenvalue weighted by atomic mass is 10.1. The highest BCUT2D eigenvalue weighted by atomic mass is 32.2. The Bertz CT molecular complexity index is 4100. The zero-order valence-corrected chi connectivity index (χ0v) is 42.0. The highest BCUT2D eigenvalue weighted by Crippen LogP contribution is 2.46. The third-order valence-electron chi connectivity index (χ3n) is 10.2. The quantitative estimate of drug-likeness (QED) is 0.0259. The maximum Gasteiger partial charge on any atom is 0.338 e. The van der Waals surface area contributed by atoms with Crippen molar-refractivity contribution in [2.45, 2.75) is 26.5 Å². The summed E-state index contributed by atoms with van der Waals surface area (Å²) in [4.78, 5) is 8.99. The molecule has 0 saturated heterocycles. The standard InChI is InChI=1S/C43H36N10O20S4/c1-22-39(50-47-32-10-4-25(18-37(32)76(66,67)68)45-44-24-2-6-27(7-3-24)74(60,61)62)42(57)53(52-22)26-5-9-29-23(16-26)17-38(77(69,70)71)40(41(29)56)51-49-34-21-35(72-14-12-54)33(20-36(34)73-15-13-55)48-46-31-11-8-28(75(63,64)65)19-30(31)43(58)59/h2-11,16-21,54-57H,12-15H2,1H3,(H,58,59)(H,60,61,62)(H,63,64,65)(H,66,67,68)(H,69,70,71)/b45-44+,48-46+,50-47+,51-49+. The van der Waals surface area contributed by atoms with Crippen LogP contribution in [0.25, 0.3) is 16.5 Å². The van der Waals surface area contributed by atoms with Gasteiger partial charge in [-0.05, 0) is 97.2 Å². The van der Waals surface area contributed by atoms with Gasteiger partial charge in [0.15, 0.2) is 11.4 Å². The molecule has 1 heterocycles. The van der Waals surface area contributed by atoms with Gasteiger partial charge in [-0.15, -0.1) is 30.7 Å². The van der Waals surface area contributed by atoms with E-state index < -0.39 is 120 Å². The van der Waals surface area contributed by atoms with Crippen LogP contribution in [0, 0.1) is 6.92 Å². The molecule has 34 heteroatoms. The molecule has 0 aliphatic carbocycles. The Balaban J connectivity index is 1.22. The van der Waals surface area contributed by atoms with Gasteiger partial charge in [0.25, 0.3) is 40.5 Å². The fourth-order valence-corrected chi connectivity index (χ4v) is 9.00. The van der Waals surface area contributed by atoms with E-state index in [1.165, 1.54) is 43.3 Å². The highest BCUT2D eigenvalue weighted by molar-refractivity contribution is 7.86. The van der Waals surface area contributed by atoms with Gasteiger partial charge >= 0.3 is 5.97 Å². The predicted octanol–water partition coefficient (Wildman–Crippen LogP) is 7.83. The lowest BCUT2D eigenvalue weighted by Crippen LogP contribution is -2.04. The average molecular weight is 1140 g/mol. The summed E-state index contributed by atoms with van der Waals surface area (Å²) in [6, 6.07) is 17.0. The number of phenolic OH excluding ortho intramolecular Hbond substituents is 1. The van der Waals surface area contributed by atoms with Gasteiger partial charge in [0.1, 0.15) is 62.9 Å². The highest BCUT2D eigenvalue weighted by Gasteiger charge is 2.25. The van der Waals surface area contributed by atoms with E-state index in [1.54, 1.807) is 0 Å². The largest absolute Gasteiger partial charge is 0.505 e. The van der Waals surface area contributed by atoms with Gasteiger partial charge in [-0.1, -0.05) is 0 Å². The molecule has 0 spiro atoms. The number of phenols is 1. The van der Waals surface area contributed by atoms with Gasteiger partial charge in [0, 0.05) is 17.5 Å². The molecule has 7 rings (SSSR count). The number of nitrogens with zero attached hydrogens (tertiary/aromatic N) is 10. The zero-order chi connectivity index (χ0) is 56.2. The smallest absolute Gasteiger partial charge is 0.338 e. The summed E-state index contributed by atoms with van der Waals surface area (Å²) in [6.45, 7) is -0.500. The van der Waals surface area contributed by atoms with Gasteiger partial charge in [0.05, 0.1) is 51.3 Å². The average Bonchev–Trinajstić information content (AvgIpc) is 3.67. The summed E-state index contributed by atoms with van der Waals surface area (Å²) >= 11 is 0. The lowest BCUT2D eigenvalue weighted by molar-refractivity contribution is 0.0697. The van der Waals surface area contributed by atoms with Crippen molar-refractivity contribution in [3.63, 3.8) is 0 Å². The third kappa shape index (κ3) is 13.1. The van der Waals surface area contributed by atoms with Crippen molar-refractivity contribution < 1.29 is 91.7 Å². The minimum atomic E-state index is -5.26. The summed E-state index contributed by atoms with van der Waals surface area (Å²) in [5.41, 5.74) is -3.18. The number of ether oxygens (including phenoxy) is 2. The van der Waals surface area contributed by atoms with Crippen molar-refractivity contribution in [1.82, 2.24) is 9.78 Å². The van der Waals surface area contributed by atoms with Crippen LogP contribution in [-0.4, -0.2) is 120 Å². The molecule has 9 N–H and O–H groups in total. The van der Waals surface area contributed by atoms with Gasteiger partial charge in [0.2, 0.25) is 5.88 Å². The van der Waals surface area contributed by atoms with E-state index in [1.807, 2.05) is 0 Å². The molecule has 0 atom stereocenters. The first-order chi connectivity index (χ1) is 36.2. The number of benzene rings is 6. The Morgan fingerprint density at radius 1 is 0.545 bits per heavy atom. The molecular weight excluding hydrogens is 1100 g/mol. The number of carbonyl (C=O) groups is 1. The Morgan fingerprint density at radius 3 is 1.64 bits per heavy atom. The van der Waals surface area contributed by atoms with Crippen molar-refractivity contribution in [3.05, 3.63) is 108 Å². The maximum absolute atomic E-state index is 12.9. The third-order valence-corrected chi connectivity index (χ3v) is 13.7. The topological polar surface area (TPSA) is 471 Å². The summed E-state index contributed by atoms with van der Waals surface area (Å²) in [5, 5.41) is 86.9. The van der Waals surface area contributed by atoms with Crippen LogP contribution in [0.1, 0.15) is 16.1 Å². The van der Waals surface area contributed by atoms with Gasteiger partial charge < -0.3 is 35.0 Å². The first-order valence-electron chi connectivity index (χ1n) is 21.1. The van der Waals surface area contributed by atoms with E-state index in [2.05, 4.69) is 46.0 Å². The molecule has 0 aliphatic rings. The molecule has 0 bridgehead atoms. The van der Waals surface area contributed by atoms with Crippen LogP contribution in [-0.2, 0) is 40.5 Å². The van der Waals surface area contributed by atoms with Crippen molar-refractivity contribution in [1.29, 1.82) is 0 Å². The number of carboxylic acid groups (broad SMARTS) is 1. The molecule has 0 fully saturated rings. The molecule has 0 amide bonds. The second-order valence-corrected chi connectivity index (χ2v) is 21.0. The van der Waals surface area contributed by atoms with E-state index in [9.17, 15) is 82.2 Å². The summed E-state index contributed by atoms with van der Waals surface area (Å²) in [5.74, 6) is -3.69. The minimum absolute atomic E-state index is 0.00297. The zero-order valence-electron chi connectivity index (χ0n) is 38.7. The fraction of sp³-hybridized carbons (Fsp3) is 0.116. The Kier molecular flexibility index (Phi) is 16.3. The summed E-state index contributed by atoms with van der Waals surface area (Å²) in [7, 11) is -19.6. The number of azo groups is 4. The number of aliphatic hydroxyl groups is 2. The number of aromatic nitrogens is 2. The number of carboxylic acids is 1. The number of rotatable bonds is 20.